The number of alkyl halides is 1. The van der Waals surface area contributed by atoms with Crippen LogP contribution in [0.3, 0.4) is 0 Å². The third kappa shape index (κ3) is 2.52. The fourth-order valence-corrected chi connectivity index (χ4v) is 2.47. The molecule has 1 aromatic rings. The molecule has 1 heterocycles. The van der Waals surface area contributed by atoms with Crippen molar-refractivity contribution in [1.29, 1.82) is 0 Å². The summed E-state index contributed by atoms with van der Waals surface area (Å²) in [6.45, 7) is 1.47. The third-order valence-electron chi connectivity index (χ3n) is 2.64. The summed E-state index contributed by atoms with van der Waals surface area (Å²) in [7, 11) is 0. The molecule has 82 valence electrons. The highest BCUT2D eigenvalue weighted by Crippen LogP contribution is 2.35. The highest BCUT2D eigenvalue weighted by atomic mass is 79.9. The van der Waals surface area contributed by atoms with E-state index in [0.29, 0.717) is 17.0 Å². The van der Waals surface area contributed by atoms with Crippen molar-refractivity contribution in [3.05, 3.63) is 34.1 Å². The highest BCUT2D eigenvalue weighted by Gasteiger charge is 2.25. The lowest BCUT2D eigenvalue weighted by Gasteiger charge is -2.16. The smallest absolute Gasteiger partial charge is 0.137 e. The molecule has 0 aromatic heterocycles. The summed E-state index contributed by atoms with van der Waals surface area (Å²) in [5, 5.41) is -0.0931. The van der Waals surface area contributed by atoms with E-state index in [2.05, 4.69) is 15.9 Å². The predicted octanol–water partition coefficient (Wildman–Crippen LogP) is 3.90. The minimum Gasteiger partial charge on any atom is -0.381 e. The molecular formula is C11H11BrClFO. The van der Waals surface area contributed by atoms with Gasteiger partial charge in [0.05, 0.1) is 16.5 Å². The molecule has 0 bridgehead atoms. The third-order valence-corrected chi connectivity index (χ3v) is 3.86. The van der Waals surface area contributed by atoms with Crippen molar-refractivity contribution in [2.75, 3.05) is 13.2 Å². The van der Waals surface area contributed by atoms with Gasteiger partial charge >= 0.3 is 0 Å². The van der Waals surface area contributed by atoms with Crippen LogP contribution in [0.4, 0.5) is 4.39 Å². The van der Waals surface area contributed by atoms with Crippen molar-refractivity contribution in [2.24, 2.45) is 5.92 Å². The fraction of sp³-hybridized carbons (Fsp3) is 0.455. The Morgan fingerprint density at radius 1 is 1.53 bits per heavy atom. The van der Waals surface area contributed by atoms with Crippen LogP contribution in [0.1, 0.15) is 17.4 Å². The van der Waals surface area contributed by atoms with E-state index in [1.165, 1.54) is 6.07 Å². The van der Waals surface area contributed by atoms with Gasteiger partial charge in [-0.25, -0.2) is 4.39 Å². The molecule has 1 aliphatic rings. The van der Waals surface area contributed by atoms with E-state index >= 15 is 0 Å². The van der Waals surface area contributed by atoms with Crippen molar-refractivity contribution >= 4 is 27.5 Å². The molecule has 2 unspecified atom stereocenters. The maximum Gasteiger partial charge on any atom is 0.137 e. The SMILES string of the molecule is Fc1ccc(C(Cl)C2CCOC2)cc1Br. The lowest BCUT2D eigenvalue weighted by Crippen LogP contribution is -2.07. The van der Waals surface area contributed by atoms with Crippen molar-refractivity contribution in [3.8, 4) is 0 Å². The first-order valence-corrected chi connectivity index (χ1v) is 6.08. The molecule has 1 nitrogen and oxygen atoms in total. The van der Waals surface area contributed by atoms with Gasteiger partial charge in [0, 0.05) is 12.5 Å². The van der Waals surface area contributed by atoms with Gasteiger partial charge in [0.1, 0.15) is 5.82 Å². The zero-order valence-corrected chi connectivity index (χ0v) is 10.4. The minimum absolute atomic E-state index is 0.0931. The molecule has 0 saturated carbocycles. The molecule has 4 heteroatoms. The molecule has 1 saturated heterocycles. The molecule has 2 atom stereocenters. The van der Waals surface area contributed by atoms with Gasteiger partial charge in [-0.15, -0.1) is 11.6 Å². The number of hydrogen-bond donors (Lipinski definition) is 0. The predicted molar refractivity (Wildman–Crippen MR) is 61.6 cm³/mol. The molecule has 0 aliphatic carbocycles. The number of ether oxygens (including phenoxy) is 1. The second-order valence-electron chi connectivity index (χ2n) is 3.70. The largest absolute Gasteiger partial charge is 0.381 e. The van der Waals surface area contributed by atoms with E-state index in [4.69, 9.17) is 16.3 Å². The Morgan fingerprint density at radius 2 is 2.33 bits per heavy atom. The van der Waals surface area contributed by atoms with E-state index in [0.717, 1.165) is 18.6 Å². The van der Waals surface area contributed by atoms with Crippen molar-refractivity contribution in [2.45, 2.75) is 11.8 Å². The van der Waals surface area contributed by atoms with Crippen LogP contribution in [-0.2, 0) is 4.74 Å². The van der Waals surface area contributed by atoms with Gasteiger partial charge in [0.2, 0.25) is 0 Å². The molecule has 15 heavy (non-hydrogen) atoms. The zero-order chi connectivity index (χ0) is 10.8. The van der Waals surface area contributed by atoms with Gasteiger partial charge < -0.3 is 4.74 Å². The molecule has 1 aliphatic heterocycles. The number of halogens is 3. The summed E-state index contributed by atoms with van der Waals surface area (Å²) in [5.41, 5.74) is 0.945. The molecule has 0 radical (unpaired) electrons. The Morgan fingerprint density at radius 3 is 2.93 bits per heavy atom. The van der Waals surface area contributed by atoms with Gasteiger partial charge in [-0.2, -0.15) is 0 Å². The van der Waals surface area contributed by atoms with Gasteiger partial charge in [-0.05, 0) is 40.0 Å². The van der Waals surface area contributed by atoms with Gasteiger partial charge in [0.25, 0.3) is 0 Å². The topological polar surface area (TPSA) is 9.23 Å². The Kier molecular flexibility index (Phi) is 3.65. The monoisotopic (exact) mass is 292 g/mol. The first-order valence-electron chi connectivity index (χ1n) is 4.85. The van der Waals surface area contributed by atoms with E-state index in [1.54, 1.807) is 12.1 Å². The average Bonchev–Trinajstić information content (AvgIpc) is 2.74. The normalized spacial score (nSPS) is 23.0. The summed E-state index contributed by atoms with van der Waals surface area (Å²) in [4.78, 5) is 0. The van der Waals surface area contributed by atoms with Gasteiger partial charge in [-0.1, -0.05) is 6.07 Å². The molecule has 1 aromatic carbocycles. The van der Waals surface area contributed by atoms with E-state index in [1.807, 2.05) is 0 Å². The number of rotatable bonds is 2. The van der Waals surface area contributed by atoms with Gasteiger partial charge in [0.15, 0.2) is 0 Å². The standard InChI is InChI=1S/C11H11BrClFO/c12-9-5-7(1-2-10(9)14)11(13)8-3-4-15-6-8/h1-2,5,8,11H,3-4,6H2. The molecule has 0 amide bonds. The summed E-state index contributed by atoms with van der Waals surface area (Å²) < 4.78 is 18.8. The van der Waals surface area contributed by atoms with Crippen LogP contribution >= 0.6 is 27.5 Å². The number of benzene rings is 1. The van der Waals surface area contributed by atoms with Crippen LogP contribution in [0.25, 0.3) is 0 Å². The second-order valence-corrected chi connectivity index (χ2v) is 5.02. The first-order chi connectivity index (χ1) is 7.18. The molecule has 0 N–H and O–H groups in total. The highest BCUT2D eigenvalue weighted by molar-refractivity contribution is 9.10. The average molecular weight is 294 g/mol. The van der Waals surface area contributed by atoms with E-state index in [-0.39, 0.29) is 11.2 Å². The molecular weight excluding hydrogens is 282 g/mol. The van der Waals surface area contributed by atoms with Crippen LogP contribution in [0.2, 0.25) is 0 Å². The zero-order valence-electron chi connectivity index (χ0n) is 8.05. The fourth-order valence-electron chi connectivity index (χ4n) is 1.74. The van der Waals surface area contributed by atoms with E-state index in [9.17, 15) is 4.39 Å². The first kappa shape index (κ1) is 11.4. The number of hydrogen-bond acceptors (Lipinski definition) is 1. The van der Waals surface area contributed by atoms with Crippen molar-refractivity contribution < 1.29 is 9.13 Å². The summed E-state index contributed by atoms with van der Waals surface area (Å²) in [5.74, 6) is 0.0781. The van der Waals surface area contributed by atoms with Gasteiger partial charge in [-0.3, -0.25) is 0 Å². The van der Waals surface area contributed by atoms with Crippen LogP contribution in [0.15, 0.2) is 22.7 Å². The quantitative estimate of drug-likeness (QED) is 0.751. The Hall–Kier alpha value is -0.120. The summed E-state index contributed by atoms with van der Waals surface area (Å²) >= 11 is 9.47. The molecule has 1 fully saturated rings. The van der Waals surface area contributed by atoms with Crippen LogP contribution in [0, 0.1) is 11.7 Å². The second kappa shape index (κ2) is 4.81. The maximum atomic E-state index is 13.0. The van der Waals surface area contributed by atoms with Crippen LogP contribution in [0.5, 0.6) is 0 Å². The van der Waals surface area contributed by atoms with Crippen molar-refractivity contribution in [3.63, 3.8) is 0 Å². The van der Waals surface area contributed by atoms with Crippen molar-refractivity contribution in [1.82, 2.24) is 0 Å². The summed E-state index contributed by atoms with van der Waals surface area (Å²) in [6.07, 6.45) is 0.975. The molecule has 2 rings (SSSR count). The Bertz CT molecular complexity index is 352. The molecule has 0 spiro atoms. The Labute approximate surface area is 102 Å². The summed E-state index contributed by atoms with van der Waals surface area (Å²) in [6, 6.07) is 4.91. The maximum absolute atomic E-state index is 13.0. The Balaban J connectivity index is 2.17. The van der Waals surface area contributed by atoms with E-state index < -0.39 is 0 Å². The van der Waals surface area contributed by atoms with Crippen LogP contribution < -0.4 is 0 Å². The minimum atomic E-state index is -0.259. The lowest BCUT2D eigenvalue weighted by molar-refractivity contribution is 0.185. The lowest BCUT2D eigenvalue weighted by atomic mass is 9.98. The van der Waals surface area contributed by atoms with Crippen LogP contribution in [-0.4, -0.2) is 13.2 Å².